The fraction of sp³-hybridized carbons (Fsp3) is 0.261. The Morgan fingerprint density at radius 2 is 1.91 bits per heavy atom. The average molecular weight is 599 g/mol. The van der Waals surface area contributed by atoms with Gasteiger partial charge >= 0.3 is 5.97 Å². The van der Waals surface area contributed by atoms with Gasteiger partial charge in [-0.05, 0) is 43.2 Å². The third-order valence-electron chi connectivity index (χ3n) is 5.32. The quantitative estimate of drug-likeness (QED) is 0.375. The Balaban J connectivity index is 1.38. The molecule has 12 heteroatoms. The fourth-order valence-electron chi connectivity index (χ4n) is 3.55. The number of amides is 1. The molecule has 35 heavy (non-hydrogen) atoms. The molecule has 2 heterocycles. The summed E-state index contributed by atoms with van der Waals surface area (Å²) in [5.74, 6) is -1.48. The lowest BCUT2D eigenvalue weighted by Crippen LogP contribution is -2.35. The number of rotatable bonds is 7. The predicted octanol–water partition coefficient (Wildman–Crippen LogP) is 5.20. The first-order chi connectivity index (χ1) is 16.7. The topological polar surface area (TPSA) is 106 Å². The van der Waals surface area contributed by atoms with Crippen molar-refractivity contribution in [2.45, 2.75) is 24.2 Å². The molecular weight excluding hydrogens is 578 g/mol. The van der Waals surface area contributed by atoms with Gasteiger partial charge in [0.2, 0.25) is 10.0 Å². The van der Waals surface area contributed by atoms with Gasteiger partial charge in [0.25, 0.3) is 5.91 Å². The maximum atomic E-state index is 12.9. The first-order valence-corrected chi connectivity index (χ1v) is 14.2. The zero-order valence-electron chi connectivity index (χ0n) is 18.4. The second-order valence-corrected chi connectivity index (χ2v) is 11.9. The molecule has 1 amide bonds. The lowest BCUT2D eigenvalue weighted by atomic mass is 10.2. The average Bonchev–Trinajstić information content (AvgIpc) is 3.31. The summed E-state index contributed by atoms with van der Waals surface area (Å²) in [6, 6.07) is 11.5. The molecule has 8 nitrogen and oxygen atoms in total. The van der Waals surface area contributed by atoms with E-state index in [1.807, 2.05) is 24.3 Å². The van der Waals surface area contributed by atoms with Crippen LogP contribution in [-0.4, -0.2) is 49.3 Å². The molecule has 1 aliphatic rings. The summed E-state index contributed by atoms with van der Waals surface area (Å²) < 4.78 is 33.2. The number of nitrogens with one attached hydrogen (secondary N) is 1. The van der Waals surface area contributed by atoms with E-state index in [2.05, 4.69) is 26.2 Å². The SMILES string of the molecule is O=C(COC(=O)c1cc(S(=O)(=O)N2CCCCC2)ccc1Cl)Nc1nc(-c2cccc(Br)c2)cs1. The molecule has 0 spiro atoms. The maximum Gasteiger partial charge on any atom is 0.340 e. The second kappa shape index (κ2) is 11.2. The zero-order chi connectivity index (χ0) is 25.0. The van der Waals surface area contributed by atoms with Gasteiger partial charge in [0.1, 0.15) is 0 Å². The molecule has 0 radical (unpaired) electrons. The summed E-state index contributed by atoms with van der Waals surface area (Å²) in [4.78, 5) is 29.2. The Hall–Kier alpha value is -2.31. The number of halogens is 2. The van der Waals surface area contributed by atoms with E-state index in [-0.39, 0.29) is 15.5 Å². The third-order valence-corrected chi connectivity index (χ3v) is 8.79. The molecule has 184 valence electrons. The molecule has 1 saturated heterocycles. The highest BCUT2D eigenvalue weighted by atomic mass is 79.9. The molecule has 1 aromatic heterocycles. The molecule has 3 aromatic rings. The largest absolute Gasteiger partial charge is 0.452 e. The van der Waals surface area contributed by atoms with Gasteiger partial charge in [0.15, 0.2) is 11.7 Å². The van der Waals surface area contributed by atoms with E-state index in [0.29, 0.717) is 23.9 Å². The molecule has 0 unspecified atom stereocenters. The summed E-state index contributed by atoms with van der Waals surface area (Å²) in [7, 11) is -3.75. The number of esters is 1. The van der Waals surface area contributed by atoms with E-state index in [4.69, 9.17) is 16.3 Å². The second-order valence-electron chi connectivity index (χ2n) is 7.78. The van der Waals surface area contributed by atoms with Gasteiger partial charge < -0.3 is 4.74 Å². The molecule has 0 atom stereocenters. The molecule has 0 saturated carbocycles. The Morgan fingerprint density at radius 1 is 1.14 bits per heavy atom. The number of carbonyl (C=O) groups excluding carboxylic acids is 2. The first-order valence-electron chi connectivity index (χ1n) is 10.7. The molecule has 0 bridgehead atoms. The van der Waals surface area contributed by atoms with Crippen molar-refractivity contribution in [2.75, 3.05) is 25.0 Å². The van der Waals surface area contributed by atoms with Crippen LogP contribution >= 0.6 is 38.9 Å². The highest BCUT2D eigenvalue weighted by Gasteiger charge is 2.27. The van der Waals surface area contributed by atoms with Crippen molar-refractivity contribution >= 4 is 65.9 Å². The number of thiazole rings is 1. The van der Waals surface area contributed by atoms with Crippen LogP contribution in [0.4, 0.5) is 5.13 Å². The minimum Gasteiger partial charge on any atom is -0.452 e. The number of benzene rings is 2. The van der Waals surface area contributed by atoms with Crippen LogP contribution in [0.3, 0.4) is 0 Å². The normalized spacial score (nSPS) is 14.5. The van der Waals surface area contributed by atoms with Crippen LogP contribution < -0.4 is 5.32 Å². The number of piperidine rings is 1. The van der Waals surface area contributed by atoms with E-state index >= 15 is 0 Å². The van der Waals surface area contributed by atoms with Crippen molar-refractivity contribution in [2.24, 2.45) is 0 Å². The maximum absolute atomic E-state index is 12.9. The third kappa shape index (κ3) is 6.28. The molecule has 1 fully saturated rings. The molecule has 0 aliphatic carbocycles. The van der Waals surface area contributed by atoms with Crippen LogP contribution in [-0.2, 0) is 19.6 Å². The first kappa shape index (κ1) is 25.8. The van der Waals surface area contributed by atoms with Crippen molar-refractivity contribution in [3.63, 3.8) is 0 Å². The van der Waals surface area contributed by atoms with E-state index < -0.39 is 28.5 Å². The van der Waals surface area contributed by atoms with Gasteiger partial charge in [-0.25, -0.2) is 18.2 Å². The van der Waals surface area contributed by atoms with Crippen molar-refractivity contribution < 1.29 is 22.7 Å². The van der Waals surface area contributed by atoms with Gasteiger partial charge in [-0.15, -0.1) is 11.3 Å². The monoisotopic (exact) mass is 597 g/mol. The van der Waals surface area contributed by atoms with Crippen LogP contribution in [0.5, 0.6) is 0 Å². The van der Waals surface area contributed by atoms with Crippen LogP contribution in [0.2, 0.25) is 5.02 Å². The minimum absolute atomic E-state index is 0.0339. The molecule has 4 rings (SSSR count). The van der Waals surface area contributed by atoms with Gasteiger partial charge in [0.05, 0.1) is 21.2 Å². The Labute approximate surface area is 220 Å². The van der Waals surface area contributed by atoms with Crippen molar-refractivity contribution in [1.82, 2.24) is 9.29 Å². The molecular formula is C23H21BrClN3O5S2. The molecule has 1 aliphatic heterocycles. The number of carbonyl (C=O) groups is 2. The van der Waals surface area contributed by atoms with Crippen LogP contribution in [0, 0.1) is 0 Å². The standard InChI is InChI=1S/C23H21BrClN3O5S2/c24-16-6-4-5-15(11-16)20-14-34-23(26-20)27-21(29)13-33-22(30)18-12-17(7-8-19(18)25)35(31,32)28-9-2-1-3-10-28/h4-8,11-12,14H,1-3,9-10,13H2,(H,26,27,29). The zero-order valence-corrected chi connectivity index (χ0v) is 22.3. The number of hydrogen-bond acceptors (Lipinski definition) is 7. The van der Waals surface area contributed by atoms with Crippen molar-refractivity contribution in [3.8, 4) is 11.3 Å². The number of nitrogens with zero attached hydrogens (tertiary/aromatic N) is 2. The van der Waals surface area contributed by atoms with Gasteiger partial charge in [-0.3, -0.25) is 10.1 Å². The van der Waals surface area contributed by atoms with Crippen LogP contribution in [0.15, 0.2) is 57.2 Å². The number of sulfonamides is 1. The summed E-state index contributed by atoms with van der Waals surface area (Å²) in [5.41, 5.74) is 1.46. The lowest BCUT2D eigenvalue weighted by molar-refractivity contribution is -0.119. The lowest BCUT2D eigenvalue weighted by Gasteiger charge is -2.26. The van der Waals surface area contributed by atoms with E-state index in [1.165, 1.54) is 33.8 Å². The smallest absolute Gasteiger partial charge is 0.340 e. The number of aromatic nitrogens is 1. The highest BCUT2D eigenvalue weighted by Crippen LogP contribution is 2.28. The molecule has 2 aromatic carbocycles. The van der Waals surface area contributed by atoms with Crippen molar-refractivity contribution in [1.29, 1.82) is 0 Å². The van der Waals surface area contributed by atoms with Gasteiger partial charge in [-0.2, -0.15) is 4.31 Å². The van der Waals surface area contributed by atoms with E-state index in [1.54, 1.807) is 5.38 Å². The fourth-order valence-corrected chi connectivity index (χ4v) is 6.42. The summed E-state index contributed by atoms with van der Waals surface area (Å²) in [6.45, 7) is 0.292. The highest BCUT2D eigenvalue weighted by molar-refractivity contribution is 9.10. The Bertz CT molecular complexity index is 1360. The van der Waals surface area contributed by atoms with Crippen molar-refractivity contribution in [3.05, 3.63) is 62.9 Å². The van der Waals surface area contributed by atoms with Crippen LogP contribution in [0.1, 0.15) is 29.6 Å². The Morgan fingerprint density at radius 3 is 2.66 bits per heavy atom. The summed E-state index contributed by atoms with van der Waals surface area (Å²) in [6.07, 6.45) is 2.57. The summed E-state index contributed by atoms with van der Waals surface area (Å²) >= 11 is 10.8. The summed E-state index contributed by atoms with van der Waals surface area (Å²) in [5, 5.41) is 4.78. The van der Waals surface area contributed by atoms with Crippen LogP contribution in [0.25, 0.3) is 11.3 Å². The van der Waals surface area contributed by atoms with E-state index in [0.717, 1.165) is 29.3 Å². The number of ether oxygens (including phenoxy) is 1. The predicted molar refractivity (Wildman–Crippen MR) is 138 cm³/mol. The minimum atomic E-state index is -3.75. The number of hydrogen-bond donors (Lipinski definition) is 1. The van der Waals surface area contributed by atoms with Gasteiger partial charge in [0, 0.05) is 28.5 Å². The Kier molecular flexibility index (Phi) is 8.23. The number of anilines is 1. The van der Waals surface area contributed by atoms with E-state index in [9.17, 15) is 18.0 Å². The van der Waals surface area contributed by atoms with Gasteiger partial charge in [-0.1, -0.05) is 46.1 Å². The molecule has 1 N–H and O–H groups in total.